The summed E-state index contributed by atoms with van der Waals surface area (Å²) in [6, 6.07) is 0. The maximum Gasteiger partial charge on any atom is 0.239 e. The Morgan fingerprint density at radius 1 is 1.47 bits per heavy atom. The van der Waals surface area contributed by atoms with Crippen molar-refractivity contribution < 1.29 is 0 Å². The molecule has 1 heterocycles. The average Bonchev–Trinajstić information content (AvgIpc) is 3.01. The summed E-state index contributed by atoms with van der Waals surface area (Å²) in [7, 11) is 2.10. The van der Waals surface area contributed by atoms with Crippen LogP contribution < -0.4 is 16.2 Å². The van der Waals surface area contributed by atoms with Gasteiger partial charge >= 0.3 is 0 Å². The van der Waals surface area contributed by atoms with Gasteiger partial charge in [0.15, 0.2) is 0 Å². The first-order valence-corrected chi connectivity index (χ1v) is 7.67. The average molecular weight is 326 g/mol. The second-order valence-electron chi connectivity index (χ2n) is 5.82. The van der Waals surface area contributed by atoms with Crippen LogP contribution >= 0.6 is 15.9 Å². The van der Waals surface area contributed by atoms with E-state index in [4.69, 9.17) is 5.84 Å². The minimum atomic E-state index is 0.456. The summed E-state index contributed by atoms with van der Waals surface area (Å²) in [4.78, 5) is 10.7. The summed E-state index contributed by atoms with van der Waals surface area (Å²) in [5.41, 5.74) is 2.50. The zero-order valence-electron chi connectivity index (χ0n) is 11.1. The van der Waals surface area contributed by atoms with Crippen molar-refractivity contribution in [3.05, 3.63) is 10.7 Å². The molecular formula is C13H20BrN5. The molecule has 2 saturated carbocycles. The van der Waals surface area contributed by atoms with Gasteiger partial charge in [0.2, 0.25) is 5.95 Å². The molecule has 1 aromatic rings. The summed E-state index contributed by atoms with van der Waals surface area (Å²) in [5.74, 6) is 9.47. The SMILES string of the molecule is CN(CC1CC2CCC1C2)c1nc(NN)ncc1Br. The number of anilines is 2. The van der Waals surface area contributed by atoms with Crippen molar-refractivity contribution in [2.45, 2.75) is 25.7 Å². The van der Waals surface area contributed by atoms with Gasteiger partial charge in [-0.1, -0.05) is 6.42 Å². The molecule has 5 nitrogen and oxygen atoms in total. The Morgan fingerprint density at radius 3 is 2.95 bits per heavy atom. The smallest absolute Gasteiger partial charge is 0.239 e. The molecule has 3 N–H and O–H groups in total. The summed E-state index contributed by atoms with van der Waals surface area (Å²) in [5, 5.41) is 0. The summed E-state index contributed by atoms with van der Waals surface area (Å²) < 4.78 is 0.914. The van der Waals surface area contributed by atoms with Crippen molar-refractivity contribution in [3.63, 3.8) is 0 Å². The van der Waals surface area contributed by atoms with Crippen molar-refractivity contribution in [2.75, 3.05) is 23.9 Å². The van der Waals surface area contributed by atoms with Crippen LogP contribution in [0.3, 0.4) is 0 Å². The highest BCUT2D eigenvalue weighted by molar-refractivity contribution is 9.10. The second-order valence-corrected chi connectivity index (χ2v) is 6.68. The Bertz CT molecular complexity index is 466. The second kappa shape index (κ2) is 5.25. The number of nitrogens with two attached hydrogens (primary N) is 1. The molecule has 0 amide bonds. The van der Waals surface area contributed by atoms with Crippen LogP contribution in [0.2, 0.25) is 0 Å². The van der Waals surface area contributed by atoms with Gasteiger partial charge in [0, 0.05) is 19.8 Å². The van der Waals surface area contributed by atoms with Crippen molar-refractivity contribution in [1.82, 2.24) is 9.97 Å². The van der Waals surface area contributed by atoms with Gasteiger partial charge < -0.3 is 4.90 Å². The maximum atomic E-state index is 5.37. The van der Waals surface area contributed by atoms with Gasteiger partial charge in [0.1, 0.15) is 5.82 Å². The monoisotopic (exact) mass is 325 g/mol. The normalized spacial score (nSPS) is 28.7. The first-order valence-electron chi connectivity index (χ1n) is 6.87. The van der Waals surface area contributed by atoms with Crippen LogP contribution in [0, 0.1) is 17.8 Å². The Kier molecular flexibility index (Phi) is 3.62. The third-order valence-corrected chi connectivity index (χ3v) is 5.17. The standard InChI is InChI=1S/C13H20BrN5/c1-19(7-10-5-8-2-3-9(10)4-8)12-11(14)6-16-13(17-12)18-15/h6,8-10H,2-5,7,15H2,1H3,(H,16,17,18). The van der Waals surface area contributed by atoms with Gasteiger partial charge in [-0.05, 0) is 52.9 Å². The van der Waals surface area contributed by atoms with Crippen molar-refractivity contribution in [3.8, 4) is 0 Å². The van der Waals surface area contributed by atoms with Crippen LogP contribution in [0.15, 0.2) is 10.7 Å². The Morgan fingerprint density at radius 2 is 2.32 bits per heavy atom. The van der Waals surface area contributed by atoms with E-state index in [1.807, 2.05) is 0 Å². The number of hydrazine groups is 1. The fraction of sp³-hybridized carbons (Fsp3) is 0.692. The first-order chi connectivity index (χ1) is 9.17. The minimum absolute atomic E-state index is 0.456. The van der Waals surface area contributed by atoms with E-state index in [2.05, 4.69) is 43.3 Å². The molecular weight excluding hydrogens is 306 g/mol. The number of hydrogen-bond acceptors (Lipinski definition) is 5. The fourth-order valence-electron chi connectivity index (χ4n) is 3.73. The summed E-state index contributed by atoms with van der Waals surface area (Å²) >= 11 is 3.52. The molecule has 0 radical (unpaired) electrons. The molecule has 0 aromatic carbocycles. The van der Waals surface area contributed by atoms with Crippen LogP contribution in [0.5, 0.6) is 0 Å². The van der Waals surface area contributed by atoms with Crippen LogP contribution in [0.4, 0.5) is 11.8 Å². The van der Waals surface area contributed by atoms with Crippen LogP contribution in [-0.2, 0) is 0 Å². The van der Waals surface area contributed by atoms with Gasteiger partial charge in [-0.2, -0.15) is 4.98 Å². The van der Waals surface area contributed by atoms with E-state index in [1.165, 1.54) is 25.7 Å². The third-order valence-electron chi connectivity index (χ3n) is 4.61. The lowest BCUT2D eigenvalue weighted by molar-refractivity contribution is 0.337. The number of nitrogen functional groups attached to an aromatic ring is 1. The molecule has 3 atom stereocenters. The first kappa shape index (κ1) is 13.1. The highest BCUT2D eigenvalue weighted by atomic mass is 79.9. The fourth-order valence-corrected chi connectivity index (χ4v) is 4.23. The van der Waals surface area contributed by atoms with E-state index in [0.29, 0.717) is 5.95 Å². The highest BCUT2D eigenvalue weighted by Crippen LogP contribution is 2.48. The molecule has 6 heteroatoms. The Hall–Kier alpha value is -0.880. The number of nitrogens with one attached hydrogen (secondary N) is 1. The van der Waals surface area contributed by atoms with E-state index < -0.39 is 0 Å². The van der Waals surface area contributed by atoms with E-state index >= 15 is 0 Å². The molecule has 19 heavy (non-hydrogen) atoms. The Labute approximate surface area is 122 Å². The lowest BCUT2D eigenvalue weighted by Gasteiger charge is -2.28. The molecule has 0 spiro atoms. The van der Waals surface area contributed by atoms with Crippen LogP contribution in [-0.4, -0.2) is 23.6 Å². The van der Waals surface area contributed by atoms with Gasteiger partial charge in [-0.15, -0.1) is 0 Å². The Balaban J connectivity index is 1.71. The molecule has 104 valence electrons. The predicted octanol–water partition coefficient (Wildman–Crippen LogP) is 2.40. The van der Waals surface area contributed by atoms with Crippen LogP contribution in [0.25, 0.3) is 0 Å². The quantitative estimate of drug-likeness (QED) is 0.657. The molecule has 2 bridgehead atoms. The van der Waals surface area contributed by atoms with Crippen molar-refractivity contribution in [1.29, 1.82) is 0 Å². The minimum Gasteiger partial charge on any atom is -0.358 e. The highest BCUT2D eigenvalue weighted by Gasteiger charge is 2.39. The number of hydrogen-bond donors (Lipinski definition) is 2. The van der Waals surface area contributed by atoms with Gasteiger partial charge in [0.05, 0.1) is 4.47 Å². The zero-order chi connectivity index (χ0) is 13.4. The topological polar surface area (TPSA) is 67.1 Å². The van der Waals surface area contributed by atoms with Gasteiger partial charge in [-0.25, -0.2) is 10.8 Å². The lowest BCUT2D eigenvalue weighted by atomic mass is 9.88. The molecule has 0 aliphatic heterocycles. The maximum absolute atomic E-state index is 5.37. The third kappa shape index (κ3) is 2.56. The molecule has 1 aromatic heterocycles. The van der Waals surface area contributed by atoms with E-state index in [9.17, 15) is 0 Å². The van der Waals surface area contributed by atoms with E-state index in [-0.39, 0.29) is 0 Å². The van der Waals surface area contributed by atoms with Gasteiger partial charge in [-0.3, -0.25) is 5.43 Å². The number of fused-ring (bicyclic) bond motifs is 2. The predicted molar refractivity (Wildman–Crippen MR) is 79.8 cm³/mol. The lowest BCUT2D eigenvalue weighted by Crippen LogP contribution is -2.29. The largest absolute Gasteiger partial charge is 0.358 e. The molecule has 2 fully saturated rings. The van der Waals surface area contributed by atoms with Gasteiger partial charge in [0.25, 0.3) is 0 Å². The van der Waals surface area contributed by atoms with E-state index in [0.717, 1.165) is 34.6 Å². The summed E-state index contributed by atoms with van der Waals surface area (Å²) in [6.45, 7) is 1.07. The van der Waals surface area contributed by atoms with Crippen LogP contribution in [0.1, 0.15) is 25.7 Å². The van der Waals surface area contributed by atoms with Crippen molar-refractivity contribution in [2.24, 2.45) is 23.6 Å². The number of rotatable bonds is 4. The van der Waals surface area contributed by atoms with E-state index in [1.54, 1.807) is 6.20 Å². The van der Waals surface area contributed by atoms with Crippen molar-refractivity contribution >= 4 is 27.7 Å². The molecule has 3 rings (SSSR count). The number of nitrogens with zero attached hydrogens (tertiary/aromatic N) is 3. The molecule has 3 unspecified atom stereocenters. The molecule has 2 aliphatic rings. The number of aromatic nitrogens is 2. The summed E-state index contributed by atoms with van der Waals surface area (Å²) in [6.07, 6.45) is 7.45. The zero-order valence-corrected chi connectivity index (χ0v) is 12.7. The number of halogens is 1. The molecule has 2 aliphatic carbocycles. The molecule has 0 saturated heterocycles.